The van der Waals surface area contributed by atoms with Gasteiger partial charge in [0, 0.05) is 29.7 Å². The molecule has 0 bridgehead atoms. The summed E-state index contributed by atoms with van der Waals surface area (Å²) < 4.78 is 4.69. The minimum absolute atomic E-state index is 0.377. The normalized spacial score (nSPS) is 10.3. The Bertz CT molecular complexity index is 610. The van der Waals surface area contributed by atoms with Crippen molar-refractivity contribution >= 4 is 28.7 Å². The molecule has 1 aromatic heterocycles. The lowest BCUT2D eigenvalue weighted by Gasteiger charge is -2.09. The topological polar surface area (TPSA) is 77.2 Å². The first-order valence-electron chi connectivity index (χ1n) is 6.23. The predicted molar refractivity (Wildman–Crippen MR) is 81.2 cm³/mol. The molecule has 0 aliphatic heterocycles. The van der Waals surface area contributed by atoms with Crippen LogP contribution in [0.15, 0.2) is 23.6 Å². The molecule has 0 aliphatic rings. The third-order valence-electron chi connectivity index (χ3n) is 2.84. The van der Waals surface area contributed by atoms with Gasteiger partial charge in [0.2, 0.25) is 0 Å². The Hall–Kier alpha value is -2.08. The Morgan fingerprint density at radius 3 is 2.95 bits per heavy atom. The van der Waals surface area contributed by atoms with Crippen molar-refractivity contribution in [2.75, 3.05) is 24.7 Å². The summed E-state index contributed by atoms with van der Waals surface area (Å²) in [7, 11) is 1.34. The van der Waals surface area contributed by atoms with Crippen LogP contribution < -0.4 is 11.1 Å². The molecule has 0 aliphatic carbocycles. The number of nitrogens with one attached hydrogen (secondary N) is 1. The fourth-order valence-electron chi connectivity index (χ4n) is 1.81. The lowest BCUT2D eigenvalue weighted by Crippen LogP contribution is -2.09. The van der Waals surface area contributed by atoms with Crippen molar-refractivity contribution in [1.29, 1.82) is 0 Å². The summed E-state index contributed by atoms with van der Waals surface area (Å²) in [5.41, 5.74) is 8.45. The van der Waals surface area contributed by atoms with E-state index in [0.717, 1.165) is 29.4 Å². The summed E-state index contributed by atoms with van der Waals surface area (Å²) in [6, 6.07) is 5.24. The van der Waals surface area contributed by atoms with Gasteiger partial charge in [-0.25, -0.2) is 9.78 Å². The van der Waals surface area contributed by atoms with Crippen LogP contribution in [0.25, 0.3) is 0 Å². The third-order valence-corrected chi connectivity index (χ3v) is 3.66. The second-order valence-electron chi connectivity index (χ2n) is 4.33. The molecule has 1 heterocycles. The Morgan fingerprint density at radius 1 is 1.50 bits per heavy atom. The summed E-state index contributed by atoms with van der Waals surface area (Å²) in [5.74, 6) is -0.429. The highest BCUT2D eigenvalue weighted by molar-refractivity contribution is 7.09. The number of ether oxygens (including phenoxy) is 1. The number of carbonyl (C=O) groups is 1. The van der Waals surface area contributed by atoms with Crippen LogP contribution >= 0.6 is 11.3 Å². The average molecular weight is 291 g/mol. The highest BCUT2D eigenvalue weighted by atomic mass is 32.1. The molecule has 0 saturated heterocycles. The van der Waals surface area contributed by atoms with Gasteiger partial charge < -0.3 is 15.8 Å². The van der Waals surface area contributed by atoms with Crippen LogP contribution in [-0.4, -0.2) is 24.6 Å². The molecule has 0 saturated carbocycles. The number of anilines is 2. The Balaban J connectivity index is 1.97. The lowest BCUT2D eigenvalue weighted by atomic mass is 10.1. The number of hydrogen-bond donors (Lipinski definition) is 2. The van der Waals surface area contributed by atoms with Crippen LogP contribution in [0.1, 0.15) is 21.1 Å². The van der Waals surface area contributed by atoms with Crippen LogP contribution in [0.5, 0.6) is 0 Å². The molecule has 0 unspecified atom stereocenters. The van der Waals surface area contributed by atoms with Crippen LogP contribution in [0, 0.1) is 6.92 Å². The predicted octanol–water partition coefficient (Wildman–Crippen LogP) is 2.47. The molecule has 0 radical (unpaired) electrons. The van der Waals surface area contributed by atoms with Crippen molar-refractivity contribution in [3.63, 3.8) is 0 Å². The summed E-state index contributed by atoms with van der Waals surface area (Å²) >= 11 is 1.65. The van der Waals surface area contributed by atoms with Crippen molar-refractivity contribution in [3.8, 4) is 0 Å². The molecule has 0 atom stereocenters. The smallest absolute Gasteiger partial charge is 0.340 e. The number of aryl methyl sites for hydroxylation is 1. The van der Waals surface area contributed by atoms with Gasteiger partial charge in [-0.15, -0.1) is 11.3 Å². The SMILES string of the molecule is COC(=O)c1cc(NCCc2csc(C)n2)ccc1N. The van der Waals surface area contributed by atoms with Gasteiger partial charge in [-0.05, 0) is 25.1 Å². The van der Waals surface area contributed by atoms with Crippen LogP contribution in [0.3, 0.4) is 0 Å². The quantitative estimate of drug-likeness (QED) is 0.653. The molecule has 20 heavy (non-hydrogen) atoms. The van der Waals surface area contributed by atoms with Gasteiger partial charge in [-0.3, -0.25) is 0 Å². The monoisotopic (exact) mass is 291 g/mol. The van der Waals surface area contributed by atoms with Crippen molar-refractivity contribution in [2.24, 2.45) is 0 Å². The lowest BCUT2D eigenvalue weighted by molar-refractivity contribution is 0.0602. The first-order chi connectivity index (χ1) is 9.60. The van der Waals surface area contributed by atoms with Crippen molar-refractivity contribution < 1.29 is 9.53 Å². The molecule has 1 aromatic carbocycles. The van der Waals surface area contributed by atoms with Crippen molar-refractivity contribution in [2.45, 2.75) is 13.3 Å². The molecule has 0 amide bonds. The maximum absolute atomic E-state index is 11.5. The van der Waals surface area contributed by atoms with E-state index < -0.39 is 5.97 Å². The van der Waals surface area contributed by atoms with E-state index in [1.54, 1.807) is 23.5 Å². The Kier molecular flexibility index (Phi) is 4.57. The molecule has 106 valence electrons. The summed E-state index contributed by atoms with van der Waals surface area (Å²) in [4.78, 5) is 15.9. The van der Waals surface area contributed by atoms with E-state index in [9.17, 15) is 4.79 Å². The standard InChI is InChI=1S/C14H17N3O2S/c1-9-17-11(8-20-9)5-6-16-10-3-4-13(15)12(7-10)14(18)19-2/h3-4,7-8,16H,5-6,15H2,1-2H3. The Morgan fingerprint density at radius 2 is 2.30 bits per heavy atom. The van der Waals surface area contributed by atoms with E-state index >= 15 is 0 Å². The van der Waals surface area contributed by atoms with Crippen LogP contribution in [0.2, 0.25) is 0 Å². The van der Waals surface area contributed by atoms with Gasteiger partial charge >= 0.3 is 5.97 Å². The molecule has 0 fully saturated rings. The Labute approximate surface area is 121 Å². The zero-order valence-corrected chi connectivity index (χ0v) is 12.3. The molecular weight excluding hydrogens is 274 g/mol. The first kappa shape index (κ1) is 14.3. The number of nitrogens with zero attached hydrogens (tertiary/aromatic N) is 1. The zero-order valence-electron chi connectivity index (χ0n) is 11.5. The van der Waals surface area contributed by atoms with Gasteiger partial charge in [0.05, 0.1) is 23.4 Å². The number of aromatic nitrogens is 1. The van der Waals surface area contributed by atoms with Gasteiger partial charge in [0.1, 0.15) is 0 Å². The van der Waals surface area contributed by atoms with Crippen molar-refractivity contribution in [3.05, 3.63) is 39.8 Å². The summed E-state index contributed by atoms with van der Waals surface area (Å²) in [6.07, 6.45) is 0.836. The molecular formula is C14H17N3O2S. The number of esters is 1. The van der Waals surface area contributed by atoms with Crippen molar-refractivity contribution in [1.82, 2.24) is 4.98 Å². The molecule has 2 aromatic rings. The fraction of sp³-hybridized carbons (Fsp3) is 0.286. The number of benzene rings is 1. The molecule has 0 spiro atoms. The van der Waals surface area contributed by atoms with Gasteiger partial charge in [0.15, 0.2) is 0 Å². The number of nitrogens with two attached hydrogens (primary N) is 1. The van der Waals surface area contributed by atoms with Gasteiger partial charge in [-0.2, -0.15) is 0 Å². The average Bonchev–Trinajstić information content (AvgIpc) is 2.85. The number of methoxy groups -OCH3 is 1. The van der Waals surface area contributed by atoms with Crippen LogP contribution in [-0.2, 0) is 11.2 Å². The number of carbonyl (C=O) groups excluding carboxylic acids is 1. The van der Waals surface area contributed by atoms with Gasteiger partial charge in [0.25, 0.3) is 0 Å². The first-order valence-corrected chi connectivity index (χ1v) is 7.11. The third kappa shape index (κ3) is 3.48. The zero-order chi connectivity index (χ0) is 14.5. The maximum Gasteiger partial charge on any atom is 0.340 e. The van der Waals surface area contributed by atoms with E-state index in [1.807, 2.05) is 13.0 Å². The number of rotatable bonds is 5. The highest BCUT2D eigenvalue weighted by Crippen LogP contribution is 2.19. The minimum atomic E-state index is -0.429. The number of thiazole rings is 1. The summed E-state index contributed by atoms with van der Waals surface area (Å²) in [6.45, 7) is 2.73. The van der Waals surface area contributed by atoms with Gasteiger partial charge in [-0.1, -0.05) is 0 Å². The largest absolute Gasteiger partial charge is 0.465 e. The molecule has 6 heteroatoms. The van der Waals surface area contributed by atoms with E-state index in [0.29, 0.717) is 11.3 Å². The molecule has 2 rings (SSSR count). The van der Waals surface area contributed by atoms with E-state index in [1.165, 1.54) is 7.11 Å². The number of nitrogen functional groups attached to an aromatic ring is 1. The maximum atomic E-state index is 11.5. The van der Waals surface area contributed by atoms with E-state index in [2.05, 4.69) is 15.7 Å². The molecule has 5 nitrogen and oxygen atoms in total. The number of hydrogen-bond acceptors (Lipinski definition) is 6. The molecule has 3 N–H and O–H groups in total. The van der Waals surface area contributed by atoms with E-state index in [-0.39, 0.29) is 0 Å². The summed E-state index contributed by atoms with van der Waals surface area (Å²) in [5, 5.41) is 6.38. The second kappa shape index (κ2) is 6.38. The second-order valence-corrected chi connectivity index (χ2v) is 5.39. The van der Waals surface area contributed by atoms with Crippen LogP contribution in [0.4, 0.5) is 11.4 Å². The van der Waals surface area contributed by atoms with E-state index in [4.69, 9.17) is 10.5 Å². The highest BCUT2D eigenvalue weighted by Gasteiger charge is 2.10. The fourth-order valence-corrected chi connectivity index (χ4v) is 2.46. The minimum Gasteiger partial charge on any atom is -0.465 e.